The third-order valence-corrected chi connectivity index (χ3v) is 6.81. The first-order valence-corrected chi connectivity index (χ1v) is 10.6. The zero-order valence-electron chi connectivity index (χ0n) is 14.1. The fourth-order valence-electron chi connectivity index (χ4n) is 3.71. The minimum atomic E-state index is -2.96. The third-order valence-electron chi connectivity index (χ3n) is 4.92. The molecule has 0 radical (unpaired) electrons. The van der Waals surface area contributed by atoms with E-state index in [4.69, 9.17) is 4.74 Å². The molecule has 0 spiro atoms. The molecule has 0 unspecified atom stereocenters. The molecule has 128 valence electrons. The lowest BCUT2D eigenvalue weighted by molar-refractivity contribution is 0.314. The normalized spacial score (nSPS) is 21.9. The van der Waals surface area contributed by atoms with Crippen LogP contribution < -0.4 is 10.1 Å². The van der Waals surface area contributed by atoms with Crippen molar-refractivity contribution in [1.82, 2.24) is 5.32 Å². The summed E-state index contributed by atoms with van der Waals surface area (Å²) in [6, 6.07) is 4.64. The molecule has 1 aliphatic carbocycles. The quantitative estimate of drug-likeness (QED) is 0.898. The molecule has 1 aromatic rings. The first-order valence-electron chi connectivity index (χ1n) is 8.73. The average molecular weight is 337 g/mol. The number of hydrogen-bond acceptors (Lipinski definition) is 4. The maximum absolute atomic E-state index is 11.9. The molecule has 0 bridgehead atoms. The van der Waals surface area contributed by atoms with E-state index in [1.807, 2.05) is 6.92 Å². The summed E-state index contributed by atoms with van der Waals surface area (Å²) in [7, 11) is -2.96. The van der Waals surface area contributed by atoms with Gasteiger partial charge in [0.25, 0.3) is 0 Å². The van der Waals surface area contributed by atoms with Crippen LogP contribution in [0.2, 0.25) is 0 Å². The van der Waals surface area contributed by atoms with Gasteiger partial charge in [-0.3, -0.25) is 0 Å². The highest BCUT2D eigenvalue weighted by Gasteiger charge is 2.25. The van der Waals surface area contributed by atoms with Crippen LogP contribution in [0.15, 0.2) is 12.1 Å². The summed E-state index contributed by atoms with van der Waals surface area (Å²) in [5.41, 5.74) is 4.07. The Morgan fingerprint density at radius 3 is 2.74 bits per heavy atom. The molecular formula is C18H27NO3S. The van der Waals surface area contributed by atoms with Gasteiger partial charge in [0.15, 0.2) is 9.84 Å². The van der Waals surface area contributed by atoms with Crippen LogP contribution in [0.3, 0.4) is 0 Å². The van der Waals surface area contributed by atoms with Crippen LogP contribution >= 0.6 is 0 Å². The van der Waals surface area contributed by atoms with E-state index in [2.05, 4.69) is 17.4 Å². The van der Waals surface area contributed by atoms with Crippen molar-refractivity contribution in [2.24, 2.45) is 0 Å². The van der Waals surface area contributed by atoms with Crippen molar-refractivity contribution in [2.45, 2.75) is 58.0 Å². The first-order chi connectivity index (χ1) is 11.0. The van der Waals surface area contributed by atoms with Gasteiger partial charge in [-0.15, -0.1) is 0 Å². The van der Waals surface area contributed by atoms with Gasteiger partial charge in [0.1, 0.15) is 5.75 Å². The maximum Gasteiger partial charge on any atom is 0.151 e. The van der Waals surface area contributed by atoms with Crippen molar-refractivity contribution in [3.63, 3.8) is 0 Å². The lowest BCUT2D eigenvalue weighted by Gasteiger charge is -2.24. The molecule has 2 atom stereocenters. The van der Waals surface area contributed by atoms with Crippen molar-refractivity contribution in [1.29, 1.82) is 0 Å². The number of sulfone groups is 1. The minimum absolute atomic E-state index is 0.0517. The summed E-state index contributed by atoms with van der Waals surface area (Å²) in [6.45, 7) is 4.41. The Balaban J connectivity index is 1.81. The fourth-order valence-corrected chi connectivity index (χ4v) is 4.80. The molecule has 0 saturated carbocycles. The standard InChI is InChI=1S/C18H27NO3S/c1-3-23(20,21)12-13(2)19-17-8-5-9-22-18-11-15-7-4-6-14(15)10-16(17)18/h10-11,13,17,19H,3-9,12H2,1-2H3/t13-,17-/m0/s1. The smallest absolute Gasteiger partial charge is 0.151 e. The molecule has 1 heterocycles. The molecule has 1 N–H and O–H groups in total. The number of ether oxygens (including phenoxy) is 1. The van der Waals surface area contributed by atoms with Crippen LogP contribution in [0.1, 0.15) is 55.8 Å². The predicted molar refractivity (Wildman–Crippen MR) is 92.9 cm³/mol. The summed E-state index contributed by atoms with van der Waals surface area (Å²) in [4.78, 5) is 0. The van der Waals surface area contributed by atoms with Gasteiger partial charge in [0, 0.05) is 23.4 Å². The summed E-state index contributed by atoms with van der Waals surface area (Å²) in [5.74, 6) is 1.39. The fraction of sp³-hybridized carbons (Fsp3) is 0.667. The molecule has 23 heavy (non-hydrogen) atoms. The van der Waals surface area contributed by atoms with Crippen molar-refractivity contribution in [3.8, 4) is 5.75 Å². The highest BCUT2D eigenvalue weighted by molar-refractivity contribution is 7.91. The molecule has 2 aliphatic rings. The summed E-state index contributed by atoms with van der Waals surface area (Å²) in [6.07, 6.45) is 5.50. The highest BCUT2D eigenvalue weighted by atomic mass is 32.2. The number of aryl methyl sites for hydroxylation is 2. The van der Waals surface area contributed by atoms with Crippen LogP contribution in [0, 0.1) is 0 Å². The monoisotopic (exact) mass is 337 g/mol. The molecule has 5 heteroatoms. The van der Waals surface area contributed by atoms with E-state index in [9.17, 15) is 8.42 Å². The number of benzene rings is 1. The zero-order valence-corrected chi connectivity index (χ0v) is 14.9. The summed E-state index contributed by atoms with van der Waals surface area (Å²) in [5, 5.41) is 3.54. The lowest BCUT2D eigenvalue weighted by atomic mass is 9.97. The van der Waals surface area contributed by atoms with Crippen LogP contribution in [-0.2, 0) is 22.7 Å². The van der Waals surface area contributed by atoms with Crippen molar-refractivity contribution < 1.29 is 13.2 Å². The second kappa shape index (κ2) is 6.81. The van der Waals surface area contributed by atoms with E-state index in [-0.39, 0.29) is 23.6 Å². The summed E-state index contributed by atoms with van der Waals surface area (Å²) < 4.78 is 29.7. The Labute approximate surface area is 139 Å². The Bertz CT molecular complexity index is 669. The lowest BCUT2D eigenvalue weighted by Crippen LogP contribution is -2.36. The van der Waals surface area contributed by atoms with Gasteiger partial charge in [0.2, 0.25) is 0 Å². The van der Waals surface area contributed by atoms with E-state index in [0.29, 0.717) is 0 Å². The molecule has 0 amide bonds. The first kappa shape index (κ1) is 16.8. The van der Waals surface area contributed by atoms with Crippen LogP contribution in [-0.4, -0.2) is 32.6 Å². The van der Waals surface area contributed by atoms with Crippen molar-refractivity contribution >= 4 is 9.84 Å². The zero-order chi connectivity index (χ0) is 16.4. The molecule has 1 aliphatic heterocycles. The number of rotatable bonds is 5. The van der Waals surface area contributed by atoms with E-state index >= 15 is 0 Å². The number of nitrogens with one attached hydrogen (secondary N) is 1. The third kappa shape index (κ3) is 3.89. The van der Waals surface area contributed by atoms with Gasteiger partial charge in [-0.2, -0.15) is 0 Å². The second-order valence-corrected chi connectivity index (χ2v) is 9.22. The van der Waals surface area contributed by atoms with Gasteiger partial charge in [-0.1, -0.05) is 13.0 Å². The second-order valence-electron chi connectivity index (χ2n) is 6.82. The molecule has 3 rings (SSSR count). The topological polar surface area (TPSA) is 55.4 Å². The van der Waals surface area contributed by atoms with E-state index in [0.717, 1.165) is 38.0 Å². The average Bonchev–Trinajstić information content (AvgIpc) is 2.87. The van der Waals surface area contributed by atoms with E-state index in [1.165, 1.54) is 23.1 Å². The van der Waals surface area contributed by atoms with Crippen LogP contribution in [0.25, 0.3) is 0 Å². The van der Waals surface area contributed by atoms with E-state index < -0.39 is 9.84 Å². The van der Waals surface area contributed by atoms with Gasteiger partial charge < -0.3 is 10.1 Å². The molecular weight excluding hydrogens is 310 g/mol. The molecule has 4 nitrogen and oxygen atoms in total. The molecule has 1 aromatic carbocycles. The largest absolute Gasteiger partial charge is 0.493 e. The van der Waals surface area contributed by atoms with Gasteiger partial charge in [-0.25, -0.2) is 8.42 Å². The highest BCUT2D eigenvalue weighted by Crippen LogP contribution is 2.37. The SMILES string of the molecule is CCS(=O)(=O)C[C@H](C)N[C@H]1CCCOc2cc3c(cc21)CCC3. The van der Waals surface area contributed by atoms with Crippen molar-refractivity contribution in [2.75, 3.05) is 18.1 Å². The number of hydrogen-bond donors (Lipinski definition) is 1. The van der Waals surface area contributed by atoms with Gasteiger partial charge in [0.05, 0.1) is 12.4 Å². The van der Waals surface area contributed by atoms with Crippen LogP contribution in [0.5, 0.6) is 5.75 Å². The summed E-state index contributed by atoms with van der Waals surface area (Å²) >= 11 is 0. The molecule has 0 aromatic heterocycles. The Morgan fingerprint density at radius 2 is 2.00 bits per heavy atom. The van der Waals surface area contributed by atoms with Crippen molar-refractivity contribution in [3.05, 3.63) is 28.8 Å². The Hall–Kier alpha value is -1.07. The molecule has 0 fully saturated rings. The van der Waals surface area contributed by atoms with Gasteiger partial charge in [-0.05, 0) is 56.2 Å². The van der Waals surface area contributed by atoms with Crippen LogP contribution in [0.4, 0.5) is 0 Å². The minimum Gasteiger partial charge on any atom is -0.493 e. The molecule has 0 saturated heterocycles. The van der Waals surface area contributed by atoms with Gasteiger partial charge >= 0.3 is 0 Å². The maximum atomic E-state index is 11.9. The Morgan fingerprint density at radius 1 is 1.26 bits per heavy atom. The Kier molecular flexibility index (Phi) is 4.97. The number of fused-ring (bicyclic) bond motifs is 2. The predicted octanol–water partition coefficient (Wildman–Crippen LogP) is 2.80. The van der Waals surface area contributed by atoms with E-state index in [1.54, 1.807) is 6.92 Å².